The van der Waals surface area contributed by atoms with Gasteiger partial charge in [-0.2, -0.15) is 0 Å². The van der Waals surface area contributed by atoms with Crippen molar-refractivity contribution in [2.24, 2.45) is 4.99 Å². The Morgan fingerprint density at radius 1 is 1.23 bits per heavy atom. The first-order chi connectivity index (χ1) is 14.4. The lowest BCUT2D eigenvalue weighted by Crippen LogP contribution is -2.47. The Morgan fingerprint density at radius 3 is 2.60 bits per heavy atom. The van der Waals surface area contributed by atoms with Crippen LogP contribution in [-0.2, 0) is 4.74 Å². The van der Waals surface area contributed by atoms with Gasteiger partial charge in [0.25, 0.3) is 5.91 Å². The van der Waals surface area contributed by atoms with Gasteiger partial charge >= 0.3 is 0 Å². The fraction of sp³-hybridized carbons (Fsp3) is 0.333. The number of nitrogens with zero attached hydrogens (tertiary/aromatic N) is 1. The molecule has 1 aliphatic heterocycles. The van der Waals surface area contributed by atoms with Crippen LogP contribution in [0, 0.1) is 5.82 Å². The summed E-state index contributed by atoms with van der Waals surface area (Å²) in [6.45, 7) is 2.34. The molecule has 1 aliphatic rings. The van der Waals surface area contributed by atoms with E-state index in [0.717, 1.165) is 5.56 Å². The van der Waals surface area contributed by atoms with Gasteiger partial charge in [0.2, 0.25) is 0 Å². The molecule has 1 fully saturated rings. The van der Waals surface area contributed by atoms with E-state index in [1.165, 1.54) is 36.4 Å². The number of hydrogen-bond acceptors (Lipinski definition) is 6. The normalized spacial score (nSPS) is 20.0. The summed E-state index contributed by atoms with van der Waals surface area (Å²) >= 11 is 0. The summed E-state index contributed by atoms with van der Waals surface area (Å²) in [6.07, 6.45) is 0.308. The molecular formula is C21H26FN5O3. The number of nitrogens with one attached hydrogen (secondary N) is 4. The van der Waals surface area contributed by atoms with Crippen molar-refractivity contribution in [2.45, 2.75) is 31.6 Å². The third-order valence-electron chi connectivity index (χ3n) is 4.60. The number of rotatable bonds is 6. The number of phenolic OH excluding ortho intramolecular Hbond substituents is 1. The highest BCUT2D eigenvalue weighted by molar-refractivity contribution is 6.05. The molecule has 0 spiro atoms. The van der Waals surface area contributed by atoms with Gasteiger partial charge < -0.3 is 15.2 Å². The molecule has 5 N–H and O–H groups in total. The minimum atomic E-state index is -0.355. The molecule has 8 nitrogen and oxygen atoms in total. The Hall–Kier alpha value is -3.01. The van der Waals surface area contributed by atoms with Gasteiger partial charge in [-0.3, -0.25) is 10.1 Å². The van der Waals surface area contributed by atoms with Crippen LogP contribution < -0.4 is 21.5 Å². The van der Waals surface area contributed by atoms with E-state index in [2.05, 4.69) is 26.5 Å². The van der Waals surface area contributed by atoms with E-state index in [1.807, 2.05) is 6.92 Å². The van der Waals surface area contributed by atoms with Crippen LogP contribution in [0.25, 0.3) is 0 Å². The fourth-order valence-corrected chi connectivity index (χ4v) is 3.12. The minimum Gasteiger partial charge on any atom is -0.508 e. The molecular weight excluding hydrogens is 389 g/mol. The fourth-order valence-electron chi connectivity index (χ4n) is 3.12. The monoisotopic (exact) mass is 415 g/mol. The number of phenols is 1. The third-order valence-corrected chi connectivity index (χ3v) is 4.60. The first-order valence-electron chi connectivity index (χ1n) is 9.64. The Kier molecular flexibility index (Phi) is 7.34. The molecule has 1 amide bonds. The van der Waals surface area contributed by atoms with Gasteiger partial charge in [0.05, 0.1) is 6.61 Å². The van der Waals surface area contributed by atoms with E-state index in [0.29, 0.717) is 24.6 Å². The molecule has 1 saturated heterocycles. The summed E-state index contributed by atoms with van der Waals surface area (Å²) in [6, 6.07) is 12.1. The molecule has 3 rings (SSSR count). The molecule has 0 aromatic heterocycles. The topological polar surface area (TPSA) is 107 Å². The molecule has 9 heteroatoms. The molecule has 1 heterocycles. The SMILES string of the molecule is COC[C@H](C)NC(=NC1CC(c2ccc(F)cc2)NN1)NC(=O)c1ccc(O)cc1. The maximum absolute atomic E-state index is 13.2. The van der Waals surface area contributed by atoms with Crippen molar-refractivity contribution in [2.75, 3.05) is 13.7 Å². The summed E-state index contributed by atoms with van der Waals surface area (Å²) in [4.78, 5) is 17.2. The molecule has 0 bridgehead atoms. The first-order valence-corrected chi connectivity index (χ1v) is 9.64. The first kappa shape index (κ1) is 21.7. The predicted molar refractivity (Wildman–Crippen MR) is 111 cm³/mol. The van der Waals surface area contributed by atoms with E-state index >= 15 is 0 Å². The summed E-state index contributed by atoms with van der Waals surface area (Å²) in [5.74, 6) is -0.251. The van der Waals surface area contributed by atoms with Gasteiger partial charge in [0, 0.05) is 31.2 Å². The van der Waals surface area contributed by atoms with Crippen molar-refractivity contribution in [3.63, 3.8) is 0 Å². The number of methoxy groups -OCH3 is 1. The van der Waals surface area contributed by atoms with E-state index in [4.69, 9.17) is 4.74 Å². The van der Waals surface area contributed by atoms with Gasteiger partial charge in [-0.25, -0.2) is 20.2 Å². The van der Waals surface area contributed by atoms with Crippen LogP contribution in [0.2, 0.25) is 0 Å². The Balaban J connectivity index is 1.70. The highest BCUT2D eigenvalue weighted by atomic mass is 19.1. The van der Waals surface area contributed by atoms with Crippen LogP contribution in [0.1, 0.15) is 35.3 Å². The molecule has 2 aromatic carbocycles. The molecule has 2 unspecified atom stereocenters. The second-order valence-corrected chi connectivity index (χ2v) is 7.12. The van der Waals surface area contributed by atoms with Crippen LogP contribution in [0.3, 0.4) is 0 Å². The smallest absolute Gasteiger partial charge is 0.257 e. The minimum absolute atomic E-state index is 0.0372. The summed E-state index contributed by atoms with van der Waals surface area (Å²) in [5.41, 5.74) is 7.57. The number of aromatic hydroxyl groups is 1. The maximum atomic E-state index is 13.2. The van der Waals surface area contributed by atoms with Crippen molar-refractivity contribution in [1.29, 1.82) is 0 Å². The largest absolute Gasteiger partial charge is 0.508 e. The molecule has 0 radical (unpaired) electrons. The highest BCUT2D eigenvalue weighted by Gasteiger charge is 2.25. The highest BCUT2D eigenvalue weighted by Crippen LogP contribution is 2.22. The lowest BCUT2D eigenvalue weighted by Gasteiger charge is -2.18. The van der Waals surface area contributed by atoms with E-state index in [-0.39, 0.29) is 35.7 Å². The van der Waals surface area contributed by atoms with E-state index < -0.39 is 0 Å². The predicted octanol–water partition coefficient (Wildman–Crippen LogP) is 1.81. The number of amides is 1. The summed E-state index contributed by atoms with van der Waals surface area (Å²) < 4.78 is 18.3. The molecule has 0 saturated carbocycles. The maximum Gasteiger partial charge on any atom is 0.257 e. The average molecular weight is 415 g/mol. The average Bonchev–Trinajstić information content (AvgIpc) is 3.17. The number of guanidine groups is 1. The van der Waals surface area contributed by atoms with Gasteiger partial charge in [-0.15, -0.1) is 0 Å². The van der Waals surface area contributed by atoms with Gasteiger partial charge in [-0.05, 0) is 48.9 Å². The molecule has 2 aromatic rings. The molecule has 160 valence electrons. The van der Waals surface area contributed by atoms with E-state index in [9.17, 15) is 14.3 Å². The van der Waals surface area contributed by atoms with Gasteiger partial charge in [0.1, 0.15) is 17.7 Å². The number of aliphatic imine (C=N–C) groups is 1. The quantitative estimate of drug-likeness (QED) is 0.364. The zero-order chi connectivity index (χ0) is 21.5. The Labute approximate surface area is 174 Å². The van der Waals surface area contributed by atoms with Crippen LogP contribution in [0.15, 0.2) is 53.5 Å². The van der Waals surface area contributed by atoms with Crippen molar-refractivity contribution < 1.29 is 19.0 Å². The second kappa shape index (κ2) is 10.1. The van der Waals surface area contributed by atoms with E-state index in [1.54, 1.807) is 19.2 Å². The number of hydrogen-bond donors (Lipinski definition) is 5. The number of ether oxygens (including phenoxy) is 1. The Morgan fingerprint density at radius 2 is 1.93 bits per heavy atom. The number of hydrazine groups is 1. The number of halogens is 1. The number of benzene rings is 2. The lowest BCUT2D eigenvalue weighted by atomic mass is 10.0. The summed E-state index contributed by atoms with van der Waals surface area (Å²) in [7, 11) is 1.60. The van der Waals surface area contributed by atoms with Crippen molar-refractivity contribution in [3.05, 3.63) is 65.5 Å². The van der Waals surface area contributed by atoms with Crippen LogP contribution in [0.5, 0.6) is 5.75 Å². The van der Waals surface area contributed by atoms with Crippen molar-refractivity contribution >= 4 is 11.9 Å². The lowest BCUT2D eigenvalue weighted by molar-refractivity contribution is 0.0974. The number of carbonyl (C=O) groups excluding carboxylic acids is 1. The third kappa shape index (κ3) is 5.99. The van der Waals surface area contributed by atoms with Gasteiger partial charge in [-0.1, -0.05) is 12.1 Å². The zero-order valence-electron chi connectivity index (χ0n) is 16.9. The van der Waals surface area contributed by atoms with Crippen LogP contribution >= 0.6 is 0 Å². The standard InChI is InChI=1S/C21H26FN5O3/c1-13(12-30-2)23-21(25-20(29)15-5-9-17(28)10-6-15)24-19-11-18(26-27-19)14-3-7-16(22)8-4-14/h3-10,13,18-19,26-28H,11-12H2,1-2H3,(H2,23,24,25,29)/t13-,18?,19?/m0/s1. The second-order valence-electron chi connectivity index (χ2n) is 7.12. The molecule has 3 atom stereocenters. The zero-order valence-corrected chi connectivity index (χ0v) is 16.9. The van der Waals surface area contributed by atoms with Crippen LogP contribution in [-0.4, -0.2) is 42.9 Å². The molecule has 0 aliphatic carbocycles. The summed E-state index contributed by atoms with van der Waals surface area (Å²) in [5, 5.41) is 15.3. The van der Waals surface area contributed by atoms with Crippen molar-refractivity contribution in [3.8, 4) is 5.75 Å². The number of carbonyl (C=O) groups is 1. The molecule has 30 heavy (non-hydrogen) atoms. The van der Waals surface area contributed by atoms with Gasteiger partial charge in [0.15, 0.2) is 5.96 Å². The van der Waals surface area contributed by atoms with Crippen molar-refractivity contribution in [1.82, 2.24) is 21.5 Å². The van der Waals surface area contributed by atoms with Crippen LogP contribution in [0.4, 0.5) is 4.39 Å². The Bertz CT molecular complexity index is 873.